The summed E-state index contributed by atoms with van der Waals surface area (Å²) in [6.07, 6.45) is 7.64. The van der Waals surface area contributed by atoms with E-state index < -0.39 is 0 Å². The molecule has 0 aromatic carbocycles. The first-order chi connectivity index (χ1) is 7.53. The molecule has 3 heteroatoms. The van der Waals surface area contributed by atoms with Gasteiger partial charge in [0.15, 0.2) is 0 Å². The normalized spacial score (nSPS) is 13.8. The maximum absolute atomic E-state index is 4.09. The summed E-state index contributed by atoms with van der Waals surface area (Å²) in [5.74, 6) is 0. The molecule has 0 amide bonds. The molecule has 16 heavy (non-hydrogen) atoms. The van der Waals surface area contributed by atoms with Gasteiger partial charge in [-0.1, -0.05) is 27.7 Å². The van der Waals surface area contributed by atoms with Crippen LogP contribution in [0.1, 0.15) is 52.1 Å². The van der Waals surface area contributed by atoms with Crippen molar-refractivity contribution in [3.63, 3.8) is 0 Å². The van der Waals surface area contributed by atoms with Crippen LogP contribution < -0.4 is 5.32 Å². The third kappa shape index (κ3) is 4.71. The van der Waals surface area contributed by atoms with Crippen molar-refractivity contribution in [2.75, 3.05) is 6.54 Å². The highest BCUT2D eigenvalue weighted by Crippen LogP contribution is 2.28. The molecule has 0 spiro atoms. The van der Waals surface area contributed by atoms with Gasteiger partial charge in [0, 0.05) is 24.0 Å². The zero-order valence-corrected chi connectivity index (χ0v) is 10.8. The van der Waals surface area contributed by atoms with Gasteiger partial charge in [-0.25, -0.2) is 9.97 Å². The molecule has 0 radical (unpaired) electrons. The van der Waals surface area contributed by atoms with Crippen LogP contribution >= 0.6 is 0 Å². The summed E-state index contributed by atoms with van der Waals surface area (Å²) in [4.78, 5) is 8.19. The lowest BCUT2D eigenvalue weighted by atomic mass is 9.86. The first kappa shape index (κ1) is 13.1. The minimum Gasteiger partial charge on any atom is -0.310 e. The molecule has 1 heterocycles. The number of aromatic nitrogens is 2. The highest BCUT2D eigenvalue weighted by Gasteiger charge is 2.19. The van der Waals surface area contributed by atoms with Crippen molar-refractivity contribution in [1.82, 2.24) is 15.3 Å². The maximum atomic E-state index is 4.09. The smallest absolute Gasteiger partial charge is 0.115 e. The Morgan fingerprint density at radius 3 is 2.38 bits per heavy atom. The molecule has 1 aromatic rings. The van der Waals surface area contributed by atoms with Crippen molar-refractivity contribution >= 4 is 0 Å². The SMILES string of the molecule is CCCNC(CC(C)(C)C)c1cncnc1. The number of nitrogens with one attached hydrogen (secondary N) is 1. The van der Waals surface area contributed by atoms with E-state index in [1.807, 2.05) is 12.4 Å². The average Bonchev–Trinajstić information content (AvgIpc) is 2.24. The Balaban J connectivity index is 2.71. The van der Waals surface area contributed by atoms with Crippen LogP contribution in [0.5, 0.6) is 0 Å². The third-order valence-corrected chi connectivity index (χ3v) is 2.44. The van der Waals surface area contributed by atoms with E-state index in [1.54, 1.807) is 6.33 Å². The Bertz CT molecular complexity index is 290. The Hall–Kier alpha value is -0.960. The van der Waals surface area contributed by atoms with Crippen molar-refractivity contribution in [2.45, 2.75) is 46.6 Å². The molecule has 3 nitrogen and oxygen atoms in total. The van der Waals surface area contributed by atoms with Crippen LogP contribution in [0, 0.1) is 5.41 Å². The minimum absolute atomic E-state index is 0.307. The van der Waals surface area contributed by atoms with E-state index in [0.29, 0.717) is 11.5 Å². The standard InChI is InChI=1S/C13H23N3/c1-5-6-16-12(7-13(2,3)4)11-8-14-10-15-9-11/h8-10,12,16H,5-7H2,1-4H3. The lowest BCUT2D eigenvalue weighted by Gasteiger charge is -2.26. The van der Waals surface area contributed by atoms with Gasteiger partial charge in [-0.15, -0.1) is 0 Å². The fourth-order valence-electron chi connectivity index (χ4n) is 1.73. The van der Waals surface area contributed by atoms with Gasteiger partial charge in [-0.2, -0.15) is 0 Å². The van der Waals surface area contributed by atoms with Crippen LogP contribution in [0.3, 0.4) is 0 Å². The molecular weight excluding hydrogens is 198 g/mol. The summed E-state index contributed by atoms with van der Waals surface area (Å²) >= 11 is 0. The Labute approximate surface area is 98.7 Å². The molecule has 1 N–H and O–H groups in total. The molecular formula is C13H23N3. The van der Waals surface area contributed by atoms with E-state index in [-0.39, 0.29) is 0 Å². The molecule has 1 atom stereocenters. The summed E-state index contributed by atoms with van der Waals surface area (Å²) in [6, 6.07) is 0.362. The molecule has 1 unspecified atom stereocenters. The van der Waals surface area contributed by atoms with Gasteiger partial charge in [0.25, 0.3) is 0 Å². The van der Waals surface area contributed by atoms with Gasteiger partial charge in [0.1, 0.15) is 6.33 Å². The van der Waals surface area contributed by atoms with Crippen molar-refractivity contribution in [3.8, 4) is 0 Å². The Morgan fingerprint density at radius 1 is 1.25 bits per heavy atom. The van der Waals surface area contributed by atoms with Crippen molar-refractivity contribution in [1.29, 1.82) is 0 Å². The second-order valence-electron chi connectivity index (χ2n) is 5.44. The molecule has 90 valence electrons. The van der Waals surface area contributed by atoms with E-state index in [2.05, 4.69) is 43.0 Å². The lowest BCUT2D eigenvalue weighted by Crippen LogP contribution is -2.26. The van der Waals surface area contributed by atoms with Crippen molar-refractivity contribution in [3.05, 3.63) is 24.3 Å². The van der Waals surface area contributed by atoms with E-state index in [4.69, 9.17) is 0 Å². The molecule has 0 fully saturated rings. The van der Waals surface area contributed by atoms with Gasteiger partial charge < -0.3 is 5.32 Å². The van der Waals surface area contributed by atoms with Crippen LogP contribution in [0.2, 0.25) is 0 Å². The zero-order chi connectivity index (χ0) is 12.0. The zero-order valence-electron chi connectivity index (χ0n) is 10.8. The average molecular weight is 221 g/mol. The van der Waals surface area contributed by atoms with Crippen LogP contribution in [0.4, 0.5) is 0 Å². The van der Waals surface area contributed by atoms with E-state index in [1.165, 1.54) is 5.56 Å². The van der Waals surface area contributed by atoms with Crippen LogP contribution in [-0.2, 0) is 0 Å². The molecule has 0 aliphatic heterocycles. The fraction of sp³-hybridized carbons (Fsp3) is 0.692. The predicted octanol–water partition coefficient (Wildman–Crippen LogP) is 2.95. The molecule has 1 aromatic heterocycles. The molecule has 0 aliphatic rings. The van der Waals surface area contributed by atoms with Crippen LogP contribution in [0.25, 0.3) is 0 Å². The summed E-state index contributed by atoms with van der Waals surface area (Å²) in [7, 11) is 0. The molecule has 0 aliphatic carbocycles. The summed E-state index contributed by atoms with van der Waals surface area (Å²) in [5, 5.41) is 3.56. The number of rotatable bonds is 5. The Kier molecular flexibility index (Phi) is 4.87. The number of nitrogens with zero attached hydrogens (tertiary/aromatic N) is 2. The monoisotopic (exact) mass is 221 g/mol. The molecule has 0 saturated carbocycles. The molecule has 0 saturated heterocycles. The van der Waals surface area contributed by atoms with Crippen LogP contribution in [-0.4, -0.2) is 16.5 Å². The topological polar surface area (TPSA) is 37.8 Å². The van der Waals surface area contributed by atoms with E-state index >= 15 is 0 Å². The highest BCUT2D eigenvalue weighted by atomic mass is 14.9. The summed E-state index contributed by atoms with van der Waals surface area (Å²) in [6.45, 7) is 10.0. The van der Waals surface area contributed by atoms with Crippen molar-refractivity contribution in [2.24, 2.45) is 5.41 Å². The predicted molar refractivity (Wildman–Crippen MR) is 67.1 cm³/mol. The van der Waals surface area contributed by atoms with Gasteiger partial charge in [-0.3, -0.25) is 0 Å². The quantitative estimate of drug-likeness (QED) is 0.830. The fourth-order valence-corrected chi connectivity index (χ4v) is 1.73. The van der Waals surface area contributed by atoms with E-state index in [0.717, 1.165) is 19.4 Å². The van der Waals surface area contributed by atoms with Gasteiger partial charge in [-0.05, 0) is 24.8 Å². The second-order valence-corrected chi connectivity index (χ2v) is 5.44. The second kappa shape index (κ2) is 5.94. The lowest BCUT2D eigenvalue weighted by molar-refractivity contribution is 0.311. The van der Waals surface area contributed by atoms with Gasteiger partial charge >= 0.3 is 0 Å². The number of hydrogen-bond donors (Lipinski definition) is 1. The first-order valence-corrected chi connectivity index (χ1v) is 6.01. The van der Waals surface area contributed by atoms with Crippen molar-refractivity contribution < 1.29 is 0 Å². The first-order valence-electron chi connectivity index (χ1n) is 6.01. The summed E-state index contributed by atoms with van der Waals surface area (Å²) < 4.78 is 0. The third-order valence-electron chi connectivity index (χ3n) is 2.44. The molecule has 0 bridgehead atoms. The highest BCUT2D eigenvalue weighted by molar-refractivity contribution is 5.09. The summed E-state index contributed by atoms with van der Waals surface area (Å²) in [5.41, 5.74) is 1.49. The maximum Gasteiger partial charge on any atom is 0.115 e. The van der Waals surface area contributed by atoms with Gasteiger partial charge in [0.2, 0.25) is 0 Å². The van der Waals surface area contributed by atoms with E-state index in [9.17, 15) is 0 Å². The Morgan fingerprint density at radius 2 is 1.88 bits per heavy atom. The molecule has 1 rings (SSSR count). The minimum atomic E-state index is 0.307. The number of hydrogen-bond acceptors (Lipinski definition) is 3. The largest absolute Gasteiger partial charge is 0.310 e. The van der Waals surface area contributed by atoms with Gasteiger partial charge in [0.05, 0.1) is 0 Å². The van der Waals surface area contributed by atoms with Crippen LogP contribution in [0.15, 0.2) is 18.7 Å².